The Balaban J connectivity index is 0.000000201. The Labute approximate surface area is 214 Å². The summed E-state index contributed by atoms with van der Waals surface area (Å²) in [6.45, 7) is 12.4. The van der Waals surface area contributed by atoms with Crippen LogP contribution in [-0.2, 0) is 13.0 Å². The molecule has 2 aliphatic rings. The molecule has 0 aromatic heterocycles. The number of rotatable bonds is 6. The van der Waals surface area contributed by atoms with Gasteiger partial charge in [-0.05, 0) is 80.2 Å². The predicted octanol–water partition coefficient (Wildman–Crippen LogP) is 9.82. The van der Waals surface area contributed by atoms with Gasteiger partial charge in [-0.3, -0.25) is 0 Å². The Bertz CT molecular complexity index is 858. The van der Waals surface area contributed by atoms with Crippen LogP contribution in [0.1, 0.15) is 94.7 Å². The predicted molar refractivity (Wildman–Crippen MR) is 150 cm³/mol. The summed E-state index contributed by atoms with van der Waals surface area (Å²) in [6, 6.07) is 15.7. The van der Waals surface area contributed by atoms with Crippen molar-refractivity contribution in [2.45, 2.75) is 91.1 Å². The Kier molecular flexibility index (Phi) is 13.3. The highest BCUT2D eigenvalue weighted by molar-refractivity contribution is 6.30. The summed E-state index contributed by atoms with van der Waals surface area (Å²) >= 11 is 6.09. The highest BCUT2D eigenvalue weighted by Crippen LogP contribution is 2.31. The molecule has 2 aromatic carbocycles. The van der Waals surface area contributed by atoms with E-state index in [2.05, 4.69) is 39.1 Å². The van der Waals surface area contributed by atoms with Gasteiger partial charge in [-0.1, -0.05) is 117 Å². The first-order valence-corrected chi connectivity index (χ1v) is 13.5. The average molecular weight is 481 g/mol. The summed E-state index contributed by atoms with van der Waals surface area (Å²) in [7, 11) is 0. The molecule has 0 unspecified atom stereocenters. The van der Waals surface area contributed by atoms with Gasteiger partial charge in [-0.15, -0.1) is 0 Å². The second-order valence-electron chi connectivity index (χ2n) is 10.1. The summed E-state index contributed by atoms with van der Waals surface area (Å²) in [5.41, 5.74) is 6.16. The van der Waals surface area contributed by atoms with Crippen LogP contribution in [0.3, 0.4) is 0 Å². The van der Waals surface area contributed by atoms with E-state index in [1.807, 2.05) is 36.4 Å². The lowest BCUT2D eigenvalue weighted by atomic mass is 9.85. The smallest absolute Gasteiger partial charge is 0.0681 e. The lowest BCUT2D eigenvalue weighted by molar-refractivity contribution is 0.282. The van der Waals surface area contributed by atoms with Crippen molar-refractivity contribution in [3.05, 3.63) is 89.0 Å². The maximum absolute atomic E-state index is 8.54. The van der Waals surface area contributed by atoms with E-state index in [1.54, 1.807) is 0 Å². The molecule has 2 aromatic rings. The maximum atomic E-state index is 8.54. The lowest BCUT2D eigenvalue weighted by Gasteiger charge is -2.21. The molecule has 1 N–H and O–H groups in total. The van der Waals surface area contributed by atoms with Crippen molar-refractivity contribution in [3.8, 4) is 0 Å². The molecule has 0 atom stereocenters. The number of aliphatic hydroxyl groups excluding tert-OH is 1. The molecule has 0 radical (unpaired) electrons. The fourth-order valence-corrected chi connectivity index (χ4v) is 5.22. The molecule has 0 aliphatic heterocycles. The van der Waals surface area contributed by atoms with E-state index in [0.717, 1.165) is 34.4 Å². The highest BCUT2D eigenvalue weighted by atomic mass is 35.5. The van der Waals surface area contributed by atoms with Gasteiger partial charge in [-0.2, -0.15) is 0 Å². The molecular formula is C32H45ClO. The summed E-state index contributed by atoms with van der Waals surface area (Å²) in [5, 5.41) is 9.38. The average Bonchev–Trinajstić information content (AvgIpc) is 3.38. The lowest BCUT2D eigenvalue weighted by Crippen LogP contribution is -2.05. The molecular weight excluding hydrogens is 436 g/mol. The van der Waals surface area contributed by atoms with Gasteiger partial charge in [0.25, 0.3) is 0 Å². The van der Waals surface area contributed by atoms with Crippen molar-refractivity contribution in [2.75, 3.05) is 0 Å². The zero-order chi connectivity index (χ0) is 24.8. The zero-order valence-electron chi connectivity index (χ0n) is 21.5. The number of aryl methyl sites for hydroxylation is 1. The Hall–Kier alpha value is -1.83. The van der Waals surface area contributed by atoms with E-state index < -0.39 is 0 Å². The zero-order valence-corrected chi connectivity index (χ0v) is 22.3. The second kappa shape index (κ2) is 16.0. The summed E-state index contributed by atoms with van der Waals surface area (Å²) in [4.78, 5) is 0. The monoisotopic (exact) mass is 480 g/mol. The summed E-state index contributed by atoms with van der Waals surface area (Å²) in [5.74, 6) is 1.80. The number of hydrogen-bond donors (Lipinski definition) is 1. The van der Waals surface area contributed by atoms with Crippen molar-refractivity contribution in [2.24, 2.45) is 11.8 Å². The SMILES string of the molecule is C=C(C)C1CCCCC1.C=C(C)c1ccc(Cl)cc1CCC1CCCC1.OCc1ccccc1. The van der Waals surface area contributed by atoms with Crippen molar-refractivity contribution >= 4 is 17.2 Å². The van der Waals surface area contributed by atoms with Crippen LogP contribution in [0.15, 0.2) is 67.3 Å². The number of aliphatic hydroxyl groups is 1. The van der Waals surface area contributed by atoms with Crippen molar-refractivity contribution in [1.82, 2.24) is 0 Å². The third-order valence-corrected chi connectivity index (χ3v) is 7.39. The standard InChI is InChI=1S/C16H21Cl.C9H16.C7H8O/c1-12(2)16-10-9-15(17)11-14(16)8-7-13-5-3-4-6-13;1-8(2)9-6-4-3-5-7-9;8-6-7-4-2-1-3-5-7/h9-11,13H,1,3-8H2,2H3;9H,1,3-7H2,2H3;1-5,8H,6H2. The van der Waals surface area contributed by atoms with E-state index in [-0.39, 0.29) is 6.61 Å². The van der Waals surface area contributed by atoms with Gasteiger partial charge in [0.1, 0.15) is 0 Å². The number of benzene rings is 2. The van der Waals surface area contributed by atoms with Crippen molar-refractivity contribution in [1.29, 1.82) is 0 Å². The minimum absolute atomic E-state index is 0.140. The normalized spacial score (nSPS) is 16.1. The molecule has 0 heterocycles. The molecule has 2 fully saturated rings. The van der Waals surface area contributed by atoms with Crippen LogP contribution in [0.25, 0.3) is 5.57 Å². The molecule has 2 aliphatic carbocycles. The van der Waals surface area contributed by atoms with E-state index >= 15 is 0 Å². The van der Waals surface area contributed by atoms with Crippen molar-refractivity contribution in [3.63, 3.8) is 0 Å². The van der Waals surface area contributed by atoms with Gasteiger partial charge in [0.2, 0.25) is 0 Å². The molecule has 0 saturated heterocycles. The van der Waals surface area contributed by atoms with Gasteiger partial charge in [0.15, 0.2) is 0 Å². The Morgan fingerprint density at radius 2 is 1.50 bits per heavy atom. The first-order valence-electron chi connectivity index (χ1n) is 13.1. The van der Waals surface area contributed by atoms with Gasteiger partial charge < -0.3 is 5.11 Å². The quantitative estimate of drug-likeness (QED) is 0.407. The van der Waals surface area contributed by atoms with Crippen molar-refractivity contribution < 1.29 is 5.11 Å². The number of halogens is 1. The Morgan fingerprint density at radius 3 is 2.00 bits per heavy atom. The fourth-order valence-electron chi connectivity index (χ4n) is 5.02. The van der Waals surface area contributed by atoms with Gasteiger partial charge in [0, 0.05) is 5.02 Å². The minimum Gasteiger partial charge on any atom is -0.392 e. The molecule has 2 saturated carbocycles. The van der Waals surface area contributed by atoms with Crippen LogP contribution in [0.2, 0.25) is 5.02 Å². The number of allylic oxidation sites excluding steroid dienone is 2. The molecule has 34 heavy (non-hydrogen) atoms. The molecule has 186 valence electrons. The van der Waals surface area contributed by atoms with Crippen LogP contribution in [0, 0.1) is 11.8 Å². The highest BCUT2D eigenvalue weighted by Gasteiger charge is 2.15. The van der Waals surface area contributed by atoms with E-state index in [1.165, 1.54) is 80.9 Å². The van der Waals surface area contributed by atoms with E-state index in [4.69, 9.17) is 16.7 Å². The second-order valence-corrected chi connectivity index (χ2v) is 10.5. The largest absolute Gasteiger partial charge is 0.392 e. The molecule has 4 rings (SSSR count). The maximum Gasteiger partial charge on any atom is 0.0681 e. The molecule has 2 heteroatoms. The molecule has 0 spiro atoms. The number of hydrogen-bond acceptors (Lipinski definition) is 1. The molecule has 0 bridgehead atoms. The first-order chi connectivity index (χ1) is 16.4. The minimum atomic E-state index is 0.140. The van der Waals surface area contributed by atoms with Crippen LogP contribution >= 0.6 is 11.6 Å². The Morgan fingerprint density at radius 1 is 0.882 bits per heavy atom. The van der Waals surface area contributed by atoms with Crippen LogP contribution in [-0.4, -0.2) is 5.11 Å². The van der Waals surface area contributed by atoms with Gasteiger partial charge in [0.05, 0.1) is 6.61 Å². The topological polar surface area (TPSA) is 20.2 Å². The third-order valence-electron chi connectivity index (χ3n) is 7.15. The summed E-state index contributed by atoms with van der Waals surface area (Å²) in [6.07, 6.45) is 15.2. The van der Waals surface area contributed by atoms with Gasteiger partial charge in [-0.25, -0.2) is 0 Å². The van der Waals surface area contributed by atoms with E-state index in [0.29, 0.717) is 0 Å². The first kappa shape index (κ1) is 28.4. The van der Waals surface area contributed by atoms with Crippen LogP contribution in [0.5, 0.6) is 0 Å². The van der Waals surface area contributed by atoms with E-state index in [9.17, 15) is 0 Å². The molecule has 0 amide bonds. The van der Waals surface area contributed by atoms with Gasteiger partial charge >= 0.3 is 0 Å². The van der Waals surface area contributed by atoms with Crippen LogP contribution in [0.4, 0.5) is 0 Å². The third kappa shape index (κ3) is 10.6. The van der Waals surface area contributed by atoms with Crippen LogP contribution < -0.4 is 0 Å². The summed E-state index contributed by atoms with van der Waals surface area (Å²) < 4.78 is 0. The fraction of sp³-hybridized carbons (Fsp3) is 0.500. The molecule has 1 nitrogen and oxygen atoms in total.